The molecule has 128 valence electrons. The van der Waals surface area contributed by atoms with Crippen LogP contribution in [0.3, 0.4) is 0 Å². The van der Waals surface area contributed by atoms with E-state index in [0.717, 1.165) is 16.9 Å². The molecule has 6 nitrogen and oxygen atoms in total. The lowest BCUT2D eigenvalue weighted by molar-refractivity contribution is 0.152. The molecule has 2 aromatic rings. The minimum atomic E-state index is -0.0186. The van der Waals surface area contributed by atoms with E-state index >= 15 is 0 Å². The summed E-state index contributed by atoms with van der Waals surface area (Å²) < 4.78 is 1.70. The van der Waals surface area contributed by atoms with Crippen LogP contribution in [-0.4, -0.2) is 39.4 Å². The maximum absolute atomic E-state index is 12.7. The van der Waals surface area contributed by atoms with Gasteiger partial charge in [0.25, 0.3) is 5.56 Å². The van der Waals surface area contributed by atoms with Gasteiger partial charge in [-0.05, 0) is 39.3 Å². The molecule has 0 bridgehead atoms. The van der Waals surface area contributed by atoms with Crippen molar-refractivity contribution in [2.75, 3.05) is 24.7 Å². The third kappa shape index (κ3) is 2.83. The highest BCUT2D eigenvalue weighted by Gasteiger charge is 2.27. The van der Waals surface area contributed by atoms with Crippen LogP contribution in [0.15, 0.2) is 23.0 Å². The van der Waals surface area contributed by atoms with Crippen molar-refractivity contribution >= 4 is 11.6 Å². The van der Waals surface area contributed by atoms with Crippen LogP contribution < -0.4 is 10.5 Å². The SMILES string of the molecule is Cc1ccc(N2CN(CCO)Cn3c2nc(C)c(C)c3=O)c(C)c1. The molecule has 3 rings (SSSR count). The lowest BCUT2D eigenvalue weighted by Gasteiger charge is -2.38. The molecular formula is C18H24N4O2. The van der Waals surface area contributed by atoms with Crippen LogP contribution in [0.1, 0.15) is 22.4 Å². The molecule has 0 amide bonds. The number of β-amino-alcohol motifs (C(OH)–C–C–N with tert-alkyl or cyclic N) is 1. The van der Waals surface area contributed by atoms with Gasteiger partial charge in [-0.3, -0.25) is 19.2 Å². The second-order valence-corrected chi connectivity index (χ2v) is 6.47. The predicted octanol–water partition coefficient (Wildman–Crippen LogP) is 1.84. The molecule has 0 spiro atoms. The molecule has 0 saturated heterocycles. The Labute approximate surface area is 142 Å². The molecule has 0 atom stereocenters. The highest BCUT2D eigenvalue weighted by atomic mass is 16.3. The number of hydrogen-bond donors (Lipinski definition) is 1. The molecule has 1 aromatic carbocycles. The summed E-state index contributed by atoms with van der Waals surface area (Å²) in [6.45, 7) is 9.43. The summed E-state index contributed by atoms with van der Waals surface area (Å²) >= 11 is 0. The number of anilines is 2. The molecule has 1 N–H and O–H groups in total. The summed E-state index contributed by atoms with van der Waals surface area (Å²) in [4.78, 5) is 21.5. The Morgan fingerprint density at radius 3 is 2.58 bits per heavy atom. The number of benzene rings is 1. The van der Waals surface area contributed by atoms with Crippen molar-refractivity contribution in [1.29, 1.82) is 0 Å². The second kappa shape index (κ2) is 6.37. The lowest BCUT2D eigenvalue weighted by Crippen LogP contribution is -2.48. The summed E-state index contributed by atoms with van der Waals surface area (Å²) in [5, 5.41) is 9.32. The molecule has 0 fully saturated rings. The first-order chi connectivity index (χ1) is 11.4. The van der Waals surface area contributed by atoms with Crippen LogP contribution in [0.25, 0.3) is 0 Å². The third-order valence-corrected chi connectivity index (χ3v) is 4.60. The van der Waals surface area contributed by atoms with Gasteiger partial charge >= 0.3 is 0 Å². The summed E-state index contributed by atoms with van der Waals surface area (Å²) in [5.74, 6) is 0.671. The van der Waals surface area contributed by atoms with Gasteiger partial charge in [0.15, 0.2) is 0 Å². The molecule has 0 radical (unpaired) electrons. The van der Waals surface area contributed by atoms with Gasteiger partial charge in [-0.2, -0.15) is 0 Å². The largest absolute Gasteiger partial charge is 0.395 e. The number of rotatable bonds is 3. The van der Waals surface area contributed by atoms with Crippen LogP contribution in [0.2, 0.25) is 0 Å². The Hall–Kier alpha value is -2.18. The quantitative estimate of drug-likeness (QED) is 0.931. The van der Waals surface area contributed by atoms with Gasteiger partial charge in [0.1, 0.15) is 0 Å². The smallest absolute Gasteiger partial charge is 0.259 e. The fourth-order valence-electron chi connectivity index (χ4n) is 3.16. The van der Waals surface area contributed by atoms with Crippen LogP contribution in [-0.2, 0) is 6.67 Å². The van der Waals surface area contributed by atoms with Gasteiger partial charge in [-0.15, -0.1) is 0 Å². The van der Waals surface area contributed by atoms with Crippen molar-refractivity contribution in [3.05, 3.63) is 50.9 Å². The molecule has 1 aliphatic heterocycles. The average Bonchev–Trinajstić information content (AvgIpc) is 2.53. The first-order valence-electron chi connectivity index (χ1n) is 8.18. The van der Waals surface area contributed by atoms with Gasteiger partial charge in [-0.25, -0.2) is 4.98 Å². The van der Waals surface area contributed by atoms with Crippen molar-refractivity contribution in [2.24, 2.45) is 0 Å². The molecule has 0 saturated carbocycles. The lowest BCUT2D eigenvalue weighted by atomic mass is 10.1. The van der Waals surface area contributed by atoms with E-state index in [-0.39, 0.29) is 12.2 Å². The fourth-order valence-corrected chi connectivity index (χ4v) is 3.16. The topological polar surface area (TPSA) is 61.6 Å². The number of aliphatic hydroxyl groups excluding tert-OH is 1. The van der Waals surface area contributed by atoms with E-state index in [9.17, 15) is 9.90 Å². The van der Waals surface area contributed by atoms with E-state index in [2.05, 4.69) is 41.9 Å². The number of nitrogens with zero attached hydrogens (tertiary/aromatic N) is 4. The Morgan fingerprint density at radius 1 is 1.17 bits per heavy atom. The van der Waals surface area contributed by atoms with Crippen LogP contribution >= 0.6 is 0 Å². The van der Waals surface area contributed by atoms with Gasteiger partial charge < -0.3 is 5.11 Å². The van der Waals surface area contributed by atoms with E-state index in [1.165, 1.54) is 5.56 Å². The Bertz CT molecular complexity index is 828. The monoisotopic (exact) mass is 328 g/mol. The van der Waals surface area contributed by atoms with E-state index < -0.39 is 0 Å². The molecule has 1 aliphatic rings. The second-order valence-electron chi connectivity index (χ2n) is 6.47. The van der Waals surface area contributed by atoms with Crippen molar-refractivity contribution in [2.45, 2.75) is 34.4 Å². The van der Waals surface area contributed by atoms with Crippen LogP contribution in [0, 0.1) is 27.7 Å². The van der Waals surface area contributed by atoms with Crippen LogP contribution in [0.5, 0.6) is 0 Å². The zero-order valence-electron chi connectivity index (χ0n) is 14.7. The summed E-state index contributed by atoms with van der Waals surface area (Å²) in [6, 6.07) is 6.26. The standard InChI is InChI=1S/C18H24N4O2/c1-12-5-6-16(13(2)9-12)21-10-20(7-8-23)11-22-17(24)14(3)15(4)19-18(21)22/h5-6,9,23H,7-8,10-11H2,1-4H3. The molecule has 0 aliphatic carbocycles. The highest BCUT2D eigenvalue weighted by Crippen LogP contribution is 2.30. The van der Waals surface area contributed by atoms with Crippen molar-refractivity contribution < 1.29 is 5.11 Å². The maximum atomic E-state index is 12.7. The highest BCUT2D eigenvalue weighted by molar-refractivity contribution is 5.63. The Balaban J connectivity index is 2.18. The summed E-state index contributed by atoms with van der Waals surface area (Å²) in [5.41, 5.74) is 4.79. The molecule has 24 heavy (non-hydrogen) atoms. The molecule has 1 aromatic heterocycles. The normalized spacial score (nSPS) is 14.8. The fraction of sp³-hybridized carbons (Fsp3) is 0.444. The first-order valence-corrected chi connectivity index (χ1v) is 8.18. The average molecular weight is 328 g/mol. The molecular weight excluding hydrogens is 304 g/mol. The predicted molar refractivity (Wildman–Crippen MR) is 94.7 cm³/mol. The van der Waals surface area contributed by atoms with E-state index in [1.807, 2.05) is 18.7 Å². The maximum Gasteiger partial charge on any atom is 0.259 e. The third-order valence-electron chi connectivity index (χ3n) is 4.60. The van der Waals surface area contributed by atoms with Gasteiger partial charge in [0.05, 0.1) is 19.9 Å². The van der Waals surface area contributed by atoms with Gasteiger partial charge in [0.2, 0.25) is 5.95 Å². The molecule has 0 unspecified atom stereocenters. The number of fused-ring (bicyclic) bond motifs is 1. The van der Waals surface area contributed by atoms with E-state index in [4.69, 9.17) is 0 Å². The first kappa shape index (κ1) is 16.7. The van der Waals surface area contributed by atoms with Crippen molar-refractivity contribution in [1.82, 2.24) is 14.5 Å². The minimum Gasteiger partial charge on any atom is -0.395 e. The van der Waals surface area contributed by atoms with Crippen molar-refractivity contribution in [3.63, 3.8) is 0 Å². The Kier molecular flexibility index (Phi) is 4.43. The summed E-state index contributed by atoms with van der Waals surface area (Å²) in [7, 11) is 0. The zero-order chi connectivity index (χ0) is 17.4. The van der Waals surface area contributed by atoms with E-state index in [0.29, 0.717) is 31.4 Å². The minimum absolute atomic E-state index is 0.0186. The summed E-state index contributed by atoms with van der Waals surface area (Å²) in [6.07, 6.45) is 0. The number of aliphatic hydroxyl groups is 1. The number of aryl methyl sites for hydroxylation is 3. The van der Waals surface area contributed by atoms with Crippen LogP contribution in [0.4, 0.5) is 11.6 Å². The zero-order valence-corrected chi connectivity index (χ0v) is 14.7. The van der Waals surface area contributed by atoms with Gasteiger partial charge in [-0.1, -0.05) is 17.7 Å². The molecule has 2 heterocycles. The number of hydrogen-bond acceptors (Lipinski definition) is 5. The van der Waals surface area contributed by atoms with Crippen molar-refractivity contribution in [3.8, 4) is 0 Å². The van der Waals surface area contributed by atoms with E-state index in [1.54, 1.807) is 4.57 Å². The molecule has 6 heteroatoms. The number of aromatic nitrogens is 2. The van der Waals surface area contributed by atoms with Gasteiger partial charge in [0, 0.05) is 23.5 Å². The Morgan fingerprint density at radius 2 is 1.92 bits per heavy atom.